The molecule has 1 heterocycles. The SMILES string of the molecule is COC(=O)N1CCc2ccc(F)cc2[C@@H]1C(=O)NCCc1ccccc1OC. The normalized spacial score (nSPS) is 15.5. The number of amides is 2. The first-order valence-corrected chi connectivity index (χ1v) is 9.07. The van der Waals surface area contributed by atoms with Crippen molar-refractivity contribution in [2.24, 2.45) is 0 Å². The van der Waals surface area contributed by atoms with Crippen molar-refractivity contribution in [3.8, 4) is 5.75 Å². The summed E-state index contributed by atoms with van der Waals surface area (Å²) in [6.07, 6.45) is 0.492. The molecule has 2 aromatic rings. The first kappa shape index (κ1) is 19.7. The Balaban J connectivity index is 1.77. The molecule has 3 rings (SSSR count). The number of carbonyl (C=O) groups is 2. The zero-order chi connectivity index (χ0) is 20.1. The quantitative estimate of drug-likeness (QED) is 0.858. The van der Waals surface area contributed by atoms with Crippen LogP contribution in [0.5, 0.6) is 5.75 Å². The number of hydrogen-bond donors (Lipinski definition) is 1. The lowest BCUT2D eigenvalue weighted by Gasteiger charge is -2.35. The number of nitrogens with zero attached hydrogens (tertiary/aromatic N) is 1. The Kier molecular flexibility index (Phi) is 6.13. The zero-order valence-electron chi connectivity index (χ0n) is 15.9. The van der Waals surface area contributed by atoms with Crippen molar-refractivity contribution in [3.63, 3.8) is 0 Å². The van der Waals surface area contributed by atoms with Gasteiger partial charge < -0.3 is 14.8 Å². The van der Waals surface area contributed by atoms with Crippen LogP contribution in [-0.2, 0) is 22.4 Å². The maximum Gasteiger partial charge on any atom is 0.410 e. The molecular weight excluding hydrogens is 363 g/mol. The summed E-state index contributed by atoms with van der Waals surface area (Å²) >= 11 is 0. The number of rotatable bonds is 5. The van der Waals surface area contributed by atoms with E-state index in [-0.39, 0.29) is 5.91 Å². The minimum atomic E-state index is -0.926. The third-order valence-electron chi connectivity index (χ3n) is 4.88. The van der Waals surface area contributed by atoms with Crippen LogP contribution in [0.15, 0.2) is 42.5 Å². The molecule has 2 amide bonds. The van der Waals surface area contributed by atoms with Crippen molar-refractivity contribution in [1.82, 2.24) is 10.2 Å². The zero-order valence-corrected chi connectivity index (χ0v) is 15.9. The van der Waals surface area contributed by atoms with Crippen LogP contribution in [0.25, 0.3) is 0 Å². The van der Waals surface area contributed by atoms with Crippen molar-refractivity contribution < 1.29 is 23.5 Å². The largest absolute Gasteiger partial charge is 0.496 e. The molecule has 28 heavy (non-hydrogen) atoms. The van der Waals surface area contributed by atoms with Crippen molar-refractivity contribution in [1.29, 1.82) is 0 Å². The lowest BCUT2D eigenvalue weighted by molar-refractivity contribution is -0.126. The Labute approximate surface area is 163 Å². The smallest absolute Gasteiger partial charge is 0.410 e. The predicted octanol–water partition coefficient (Wildman–Crippen LogP) is 2.86. The lowest BCUT2D eigenvalue weighted by atomic mass is 9.92. The van der Waals surface area contributed by atoms with Gasteiger partial charge in [0.25, 0.3) is 0 Å². The molecule has 0 aliphatic carbocycles. The summed E-state index contributed by atoms with van der Waals surface area (Å²) < 4.78 is 24.0. The third kappa shape index (κ3) is 4.08. The highest BCUT2D eigenvalue weighted by Crippen LogP contribution is 2.31. The minimum Gasteiger partial charge on any atom is -0.496 e. The van der Waals surface area contributed by atoms with Crippen LogP contribution in [0.3, 0.4) is 0 Å². The fourth-order valence-electron chi connectivity index (χ4n) is 3.51. The van der Waals surface area contributed by atoms with Gasteiger partial charge in [-0.25, -0.2) is 9.18 Å². The van der Waals surface area contributed by atoms with Gasteiger partial charge in [0.05, 0.1) is 14.2 Å². The van der Waals surface area contributed by atoms with Crippen LogP contribution in [0.1, 0.15) is 22.7 Å². The Morgan fingerprint density at radius 1 is 1.21 bits per heavy atom. The summed E-state index contributed by atoms with van der Waals surface area (Å²) in [7, 11) is 2.86. The molecule has 0 spiro atoms. The molecule has 0 radical (unpaired) electrons. The molecule has 7 heteroatoms. The molecule has 1 aliphatic heterocycles. The summed E-state index contributed by atoms with van der Waals surface area (Å²) in [5, 5.41) is 2.86. The highest BCUT2D eigenvalue weighted by molar-refractivity contribution is 5.87. The summed E-state index contributed by atoms with van der Waals surface area (Å²) in [4.78, 5) is 26.4. The van der Waals surface area contributed by atoms with Gasteiger partial charge in [0.1, 0.15) is 17.6 Å². The monoisotopic (exact) mass is 386 g/mol. The van der Waals surface area contributed by atoms with Gasteiger partial charge in [-0.1, -0.05) is 24.3 Å². The molecule has 1 N–H and O–H groups in total. The number of hydrogen-bond acceptors (Lipinski definition) is 4. The maximum atomic E-state index is 13.8. The number of ether oxygens (including phenoxy) is 2. The van der Waals surface area contributed by atoms with Crippen LogP contribution < -0.4 is 10.1 Å². The Bertz CT molecular complexity index is 871. The van der Waals surface area contributed by atoms with Gasteiger partial charge >= 0.3 is 6.09 Å². The Morgan fingerprint density at radius 3 is 2.75 bits per heavy atom. The second kappa shape index (κ2) is 8.73. The number of methoxy groups -OCH3 is 2. The standard InChI is InChI=1S/C21H23FN2O4/c1-27-18-6-4-3-5-15(18)9-11-23-20(25)19-17-13-16(22)8-7-14(17)10-12-24(19)21(26)28-2/h3-8,13,19H,9-12H2,1-2H3,(H,23,25)/t19-/m1/s1. The number of benzene rings is 2. The summed E-state index contributed by atoms with van der Waals surface area (Å²) in [5.41, 5.74) is 2.31. The molecule has 0 fully saturated rings. The van der Waals surface area contributed by atoms with E-state index in [1.165, 1.54) is 24.1 Å². The van der Waals surface area contributed by atoms with E-state index in [2.05, 4.69) is 5.32 Å². The topological polar surface area (TPSA) is 67.9 Å². The first-order valence-electron chi connectivity index (χ1n) is 9.07. The predicted molar refractivity (Wildman–Crippen MR) is 102 cm³/mol. The van der Waals surface area contributed by atoms with E-state index in [1.807, 2.05) is 24.3 Å². The second-order valence-corrected chi connectivity index (χ2v) is 6.51. The average molecular weight is 386 g/mol. The first-order chi connectivity index (χ1) is 13.5. The van der Waals surface area contributed by atoms with Crippen LogP contribution in [0.4, 0.5) is 9.18 Å². The van der Waals surface area contributed by atoms with Crippen molar-refractivity contribution in [3.05, 3.63) is 65.0 Å². The number of carbonyl (C=O) groups excluding carboxylic acids is 2. The summed E-state index contributed by atoms with van der Waals surface area (Å²) in [5.74, 6) is -0.0674. The fraction of sp³-hybridized carbons (Fsp3) is 0.333. The van der Waals surface area contributed by atoms with Gasteiger partial charge in [0.2, 0.25) is 5.91 Å². The van der Waals surface area contributed by atoms with E-state index in [0.29, 0.717) is 31.5 Å². The Hall–Kier alpha value is -3.09. The third-order valence-corrected chi connectivity index (χ3v) is 4.88. The molecule has 0 saturated heterocycles. The molecule has 6 nitrogen and oxygen atoms in total. The lowest BCUT2D eigenvalue weighted by Crippen LogP contribution is -2.47. The molecule has 1 atom stereocenters. The fourth-order valence-corrected chi connectivity index (χ4v) is 3.51. The summed E-state index contributed by atoms with van der Waals surface area (Å²) in [6.45, 7) is 0.686. The van der Waals surface area contributed by atoms with E-state index >= 15 is 0 Å². The highest BCUT2D eigenvalue weighted by atomic mass is 19.1. The van der Waals surface area contributed by atoms with Crippen LogP contribution in [-0.4, -0.2) is 44.2 Å². The Morgan fingerprint density at radius 2 is 2.00 bits per heavy atom. The van der Waals surface area contributed by atoms with Crippen LogP contribution in [0.2, 0.25) is 0 Å². The second-order valence-electron chi connectivity index (χ2n) is 6.51. The van der Waals surface area contributed by atoms with E-state index in [9.17, 15) is 14.0 Å². The number of fused-ring (bicyclic) bond motifs is 1. The maximum absolute atomic E-state index is 13.8. The van der Waals surface area contributed by atoms with Gasteiger partial charge in [0, 0.05) is 13.1 Å². The molecule has 0 bridgehead atoms. The van der Waals surface area contributed by atoms with Gasteiger partial charge in [-0.05, 0) is 47.7 Å². The van der Waals surface area contributed by atoms with E-state index in [4.69, 9.17) is 9.47 Å². The average Bonchev–Trinajstić information content (AvgIpc) is 2.72. The molecule has 0 saturated carbocycles. The number of halogens is 1. The van der Waals surface area contributed by atoms with Crippen molar-refractivity contribution >= 4 is 12.0 Å². The van der Waals surface area contributed by atoms with Crippen molar-refractivity contribution in [2.45, 2.75) is 18.9 Å². The van der Waals surface area contributed by atoms with E-state index in [0.717, 1.165) is 16.9 Å². The van der Waals surface area contributed by atoms with Gasteiger partial charge in [-0.3, -0.25) is 9.69 Å². The van der Waals surface area contributed by atoms with Gasteiger partial charge in [0.15, 0.2) is 0 Å². The van der Waals surface area contributed by atoms with Crippen LogP contribution >= 0.6 is 0 Å². The van der Waals surface area contributed by atoms with Gasteiger partial charge in [-0.15, -0.1) is 0 Å². The van der Waals surface area contributed by atoms with Crippen LogP contribution in [0, 0.1) is 5.82 Å². The molecular formula is C21H23FN2O4. The highest BCUT2D eigenvalue weighted by Gasteiger charge is 2.36. The minimum absolute atomic E-state index is 0.329. The van der Waals surface area contributed by atoms with E-state index < -0.39 is 18.0 Å². The molecule has 0 aromatic heterocycles. The number of nitrogens with one attached hydrogen (secondary N) is 1. The van der Waals surface area contributed by atoms with Crippen molar-refractivity contribution in [2.75, 3.05) is 27.3 Å². The van der Waals surface area contributed by atoms with Gasteiger partial charge in [-0.2, -0.15) is 0 Å². The number of para-hydroxylation sites is 1. The molecule has 148 valence electrons. The van der Waals surface area contributed by atoms with E-state index in [1.54, 1.807) is 13.2 Å². The molecule has 2 aromatic carbocycles. The summed E-state index contributed by atoms with van der Waals surface area (Å²) in [6, 6.07) is 11.0. The molecule has 1 aliphatic rings. The molecule has 0 unspecified atom stereocenters.